The molecule has 8 heteroatoms. The van der Waals surface area contributed by atoms with Crippen LogP contribution in [0.15, 0.2) is 72.1 Å². The van der Waals surface area contributed by atoms with E-state index >= 15 is 0 Å². The van der Waals surface area contributed by atoms with Crippen molar-refractivity contribution in [1.82, 2.24) is 4.90 Å². The monoisotopic (exact) mass is 429 g/mol. The van der Waals surface area contributed by atoms with Crippen molar-refractivity contribution in [3.8, 4) is 11.5 Å². The van der Waals surface area contributed by atoms with Gasteiger partial charge in [0.15, 0.2) is 0 Å². The molecule has 1 N–H and O–H groups in total. The van der Waals surface area contributed by atoms with Crippen molar-refractivity contribution in [2.75, 3.05) is 0 Å². The first kappa shape index (κ1) is 20.5. The molecule has 30 heavy (non-hydrogen) atoms. The van der Waals surface area contributed by atoms with Crippen LogP contribution in [0.5, 0.6) is 11.5 Å². The topological polar surface area (TPSA) is 85.3 Å². The number of nitrogens with zero attached hydrogens (tertiary/aromatic N) is 1. The van der Waals surface area contributed by atoms with Crippen molar-refractivity contribution in [2.45, 2.75) is 32.9 Å². The van der Waals surface area contributed by atoms with Gasteiger partial charge in [-0.25, -0.2) is 0 Å². The van der Waals surface area contributed by atoms with Crippen LogP contribution in [0.3, 0.4) is 0 Å². The minimum Gasteiger partial charge on any atom is -0.393 e. The first-order valence-corrected chi connectivity index (χ1v) is 11.3. The van der Waals surface area contributed by atoms with Crippen molar-refractivity contribution >= 4 is 13.7 Å². The zero-order valence-electron chi connectivity index (χ0n) is 17.0. The second-order valence-electron chi connectivity index (χ2n) is 7.55. The second-order valence-corrected chi connectivity index (χ2v) is 8.99. The molecule has 2 aromatic rings. The van der Waals surface area contributed by atoms with E-state index in [2.05, 4.69) is 0 Å². The van der Waals surface area contributed by atoms with Gasteiger partial charge in [-0.1, -0.05) is 43.3 Å². The third kappa shape index (κ3) is 3.59. The fourth-order valence-corrected chi connectivity index (χ4v) is 5.51. The predicted molar refractivity (Wildman–Crippen MR) is 111 cm³/mol. The normalized spacial score (nSPS) is 24.2. The highest BCUT2D eigenvalue weighted by atomic mass is 31.2. The Kier molecular flexibility index (Phi) is 5.35. The van der Waals surface area contributed by atoms with Crippen molar-refractivity contribution in [3.63, 3.8) is 0 Å². The Morgan fingerprint density at radius 2 is 1.47 bits per heavy atom. The molecule has 2 aromatic carbocycles. The van der Waals surface area contributed by atoms with Crippen LogP contribution in [-0.2, 0) is 13.9 Å². The van der Waals surface area contributed by atoms with Crippen LogP contribution < -0.4 is 9.05 Å². The summed E-state index contributed by atoms with van der Waals surface area (Å²) >= 11 is 0. The quantitative estimate of drug-likeness (QED) is 0.520. The Labute approximate surface area is 175 Å². The van der Waals surface area contributed by atoms with Gasteiger partial charge in [0, 0.05) is 5.92 Å². The second kappa shape index (κ2) is 7.82. The summed E-state index contributed by atoms with van der Waals surface area (Å²) in [6.07, 6.45) is -0.777. The molecule has 0 aliphatic carbocycles. The van der Waals surface area contributed by atoms with Gasteiger partial charge in [-0.15, -0.1) is 0 Å². The summed E-state index contributed by atoms with van der Waals surface area (Å²) in [6, 6.07) is 17.0. The standard InChI is InChI=1S/C22H24NO6P/c1-14-20-19(16(3)24)22(25)23(20)15(2)21(14)29-30(26,27-17-10-6-4-7-11-17)28-18-12-8-5-9-13-18/h4-14,16,19-20,24H,1-3H3. The third-order valence-corrected chi connectivity index (χ3v) is 6.77. The summed E-state index contributed by atoms with van der Waals surface area (Å²) < 4.78 is 30.9. The van der Waals surface area contributed by atoms with E-state index in [1.54, 1.807) is 67.3 Å². The summed E-state index contributed by atoms with van der Waals surface area (Å²) in [5.74, 6) is 0.0890. The average Bonchev–Trinajstić information content (AvgIpc) is 2.90. The SMILES string of the molecule is CC1=C(OP(=O)(Oc2ccccc2)Oc2ccccc2)C(C)C2C(C(C)O)C(=O)N12. The average molecular weight is 429 g/mol. The lowest BCUT2D eigenvalue weighted by molar-refractivity contribution is -0.159. The molecule has 4 unspecified atom stereocenters. The molecule has 158 valence electrons. The van der Waals surface area contributed by atoms with Crippen molar-refractivity contribution < 1.29 is 28.0 Å². The summed E-state index contributed by atoms with van der Waals surface area (Å²) in [7, 11) is -4.13. The smallest absolute Gasteiger partial charge is 0.393 e. The number of phosphoric ester groups is 1. The lowest BCUT2D eigenvalue weighted by Crippen LogP contribution is -2.62. The van der Waals surface area contributed by atoms with Crippen LogP contribution in [-0.4, -0.2) is 28.1 Å². The Morgan fingerprint density at radius 3 is 1.93 bits per heavy atom. The molecule has 0 bridgehead atoms. The largest absolute Gasteiger partial charge is 0.646 e. The Morgan fingerprint density at radius 1 is 0.967 bits per heavy atom. The van der Waals surface area contributed by atoms with Crippen LogP contribution in [0.25, 0.3) is 0 Å². The number of phosphoric acid groups is 1. The van der Waals surface area contributed by atoms with Gasteiger partial charge in [-0.05, 0) is 38.1 Å². The van der Waals surface area contributed by atoms with Crippen molar-refractivity contribution in [2.24, 2.45) is 11.8 Å². The van der Waals surface area contributed by atoms with Crippen LogP contribution in [0.4, 0.5) is 0 Å². The minimum atomic E-state index is -4.13. The number of carbonyl (C=O) groups is 1. The molecule has 0 saturated carbocycles. The fourth-order valence-electron chi connectivity index (χ4n) is 4.10. The first-order valence-electron chi connectivity index (χ1n) is 9.81. The fraction of sp³-hybridized carbons (Fsp3) is 0.318. The van der Waals surface area contributed by atoms with Gasteiger partial charge in [0.05, 0.1) is 23.8 Å². The van der Waals surface area contributed by atoms with Gasteiger partial charge in [0.25, 0.3) is 0 Å². The highest BCUT2D eigenvalue weighted by molar-refractivity contribution is 7.49. The van der Waals surface area contributed by atoms with Crippen molar-refractivity contribution in [3.05, 3.63) is 72.1 Å². The highest BCUT2D eigenvalue weighted by Crippen LogP contribution is 2.56. The molecule has 1 fully saturated rings. The van der Waals surface area contributed by atoms with Crippen LogP contribution in [0.2, 0.25) is 0 Å². The van der Waals surface area contributed by atoms with Gasteiger partial charge in [-0.2, -0.15) is 4.57 Å². The molecule has 1 saturated heterocycles. The Balaban J connectivity index is 1.64. The van der Waals surface area contributed by atoms with Crippen LogP contribution in [0.1, 0.15) is 20.8 Å². The van der Waals surface area contributed by atoms with Gasteiger partial charge < -0.3 is 23.6 Å². The van der Waals surface area contributed by atoms with E-state index in [0.29, 0.717) is 23.0 Å². The van der Waals surface area contributed by atoms with Gasteiger partial charge in [0.2, 0.25) is 5.91 Å². The highest BCUT2D eigenvalue weighted by Gasteiger charge is 2.59. The number of amides is 1. The number of hydrogen-bond acceptors (Lipinski definition) is 6. The maximum atomic E-state index is 13.7. The summed E-state index contributed by atoms with van der Waals surface area (Å²) in [5.41, 5.74) is 0.558. The number of benzene rings is 2. The first-order chi connectivity index (χ1) is 14.3. The number of aliphatic hydroxyl groups is 1. The Bertz CT molecular complexity index is 961. The molecule has 0 radical (unpaired) electrons. The molecular weight excluding hydrogens is 405 g/mol. The summed E-state index contributed by atoms with van der Waals surface area (Å²) in [5, 5.41) is 9.99. The van der Waals surface area contributed by atoms with Crippen LogP contribution >= 0.6 is 7.82 Å². The maximum absolute atomic E-state index is 13.7. The van der Waals surface area contributed by atoms with E-state index in [0.717, 1.165) is 0 Å². The summed E-state index contributed by atoms with van der Waals surface area (Å²) in [6.45, 7) is 5.21. The zero-order valence-corrected chi connectivity index (χ0v) is 17.9. The van der Waals surface area contributed by atoms with E-state index in [9.17, 15) is 14.5 Å². The molecule has 0 spiro atoms. The number of β-lactam (4-membered cyclic amide) rings is 1. The Hall–Kier alpha value is -2.76. The van der Waals surface area contributed by atoms with Crippen molar-refractivity contribution in [1.29, 1.82) is 0 Å². The van der Waals surface area contributed by atoms with E-state index < -0.39 is 19.8 Å². The number of carbonyl (C=O) groups excluding carboxylic acids is 1. The maximum Gasteiger partial charge on any atom is 0.646 e. The van der Waals surface area contributed by atoms with E-state index in [4.69, 9.17) is 13.6 Å². The van der Waals surface area contributed by atoms with E-state index in [1.165, 1.54) is 0 Å². The molecule has 2 heterocycles. The molecule has 4 rings (SSSR count). The molecule has 4 atom stereocenters. The molecule has 0 aromatic heterocycles. The van der Waals surface area contributed by atoms with Gasteiger partial charge in [0.1, 0.15) is 17.3 Å². The minimum absolute atomic E-state index is 0.166. The molecular formula is C22H24NO6P. The zero-order chi connectivity index (χ0) is 21.5. The summed E-state index contributed by atoms with van der Waals surface area (Å²) in [4.78, 5) is 14.1. The number of aliphatic hydroxyl groups excluding tert-OH is 1. The number of fused-ring (bicyclic) bond motifs is 1. The van der Waals surface area contributed by atoms with Gasteiger partial charge in [-0.3, -0.25) is 4.79 Å². The predicted octanol–water partition coefficient (Wildman–Crippen LogP) is 4.36. The third-order valence-electron chi connectivity index (χ3n) is 5.48. The van der Waals surface area contributed by atoms with Crippen LogP contribution in [0, 0.1) is 11.8 Å². The molecule has 1 amide bonds. The number of hydrogen-bond donors (Lipinski definition) is 1. The lowest BCUT2D eigenvalue weighted by atomic mass is 9.79. The number of allylic oxidation sites excluding steroid dienone is 1. The molecule has 2 aliphatic rings. The number of para-hydroxylation sites is 2. The van der Waals surface area contributed by atoms with E-state index in [1.807, 2.05) is 19.1 Å². The molecule has 2 aliphatic heterocycles. The number of rotatable bonds is 7. The van der Waals surface area contributed by atoms with E-state index in [-0.39, 0.29) is 17.9 Å². The lowest BCUT2D eigenvalue weighted by Gasteiger charge is -2.46. The molecule has 7 nitrogen and oxygen atoms in total. The van der Waals surface area contributed by atoms with Gasteiger partial charge >= 0.3 is 7.82 Å².